The number of amides is 1. The van der Waals surface area contributed by atoms with Gasteiger partial charge in [0.15, 0.2) is 6.10 Å². The topological polar surface area (TPSA) is 59.1 Å². The van der Waals surface area contributed by atoms with E-state index in [0.717, 1.165) is 27.5 Å². The van der Waals surface area contributed by atoms with Crippen LogP contribution in [0, 0.1) is 0 Å². The maximum Gasteiger partial charge on any atom is 0.303 e. The fraction of sp³-hybridized carbons (Fsp3) is 0.481. The van der Waals surface area contributed by atoms with E-state index >= 15 is 0 Å². The average molecular weight is 485 g/mol. The van der Waals surface area contributed by atoms with Gasteiger partial charge in [0.05, 0.1) is 7.11 Å². The second-order valence-electron chi connectivity index (χ2n) is 9.91. The molecule has 2 aromatic rings. The number of esters is 1. The molecule has 0 aromatic heterocycles. The van der Waals surface area contributed by atoms with Crippen molar-refractivity contribution >= 4 is 29.3 Å². The molecule has 184 valence electrons. The Bertz CT molecular complexity index is 1010. The van der Waals surface area contributed by atoms with Gasteiger partial charge in [-0.1, -0.05) is 32.9 Å². The molecule has 6 nitrogen and oxygen atoms in total. The van der Waals surface area contributed by atoms with Gasteiger partial charge in [0.1, 0.15) is 5.75 Å². The lowest BCUT2D eigenvalue weighted by atomic mass is 9.87. The van der Waals surface area contributed by atoms with Gasteiger partial charge in [0.2, 0.25) is 0 Å². The lowest BCUT2D eigenvalue weighted by Crippen LogP contribution is -2.45. The van der Waals surface area contributed by atoms with E-state index in [4.69, 9.17) is 9.47 Å². The van der Waals surface area contributed by atoms with Gasteiger partial charge in [0.25, 0.3) is 5.91 Å². The van der Waals surface area contributed by atoms with E-state index in [1.165, 1.54) is 6.92 Å². The summed E-state index contributed by atoms with van der Waals surface area (Å²) in [6.07, 6.45) is -0.318. The number of fused-ring (bicyclic) bond motifs is 1. The van der Waals surface area contributed by atoms with Crippen LogP contribution in [0.1, 0.15) is 44.7 Å². The summed E-state index contributed by atoms with van der Waals surface area (Å²) in [5.74, 6) is -0.211. The van der Waals surface area contributed by atoms with Crippen LogP contribution in [0.3, 0.4) is 0 Å². The molecule has 0 saturated carbocycles. The van der Waals surface area contributed by atoms with Crippen LogP contribution in [0.25, 0.3) is 0 Å². The predicted octanol–water partition coefficient (Wildman–Crippen LogP) is 4.75. The summed E-state index contributed by atoms with van der Waals surface area (Å²) in [4.78, 5) is 30.9. The number of likely N-dealkylation sites (N-methyl/N-ethyl adjacent to an activating group) is 1. The van der Waals surface area contributed by atoms with Crippen molar-refractivity contribution in [2.75, 3.05) is 39.2 Å². The van der Waals surface area contributed by atoms with Crippen molar-refractivity contribution in [1.82, 2.24) is 4.90 Å². The van der Waals surface area contributed by atoms with Crippen LogP contribution in [0.4, 0.5) is 5.69 Å². The lowest BCUT2D eigenvalue weighted by molar-refractivity contribution is -0.154. The van der Waals surface area contributed by atoms with Crippen LogP contribution in [-0.4, -0.2) is 61.9 Å². The molecule has 2 atom stereocenters. The third kappa shape index (κ3) is 6.54. The van der Waals surface area contributed by atoms with Gasteiger partial charge in [-0.15, -0.1) is 11.8 Å². The molecule has 0 fully saturated rings. The Morgan fingerprint density at radius 1 is 1.15 bits per heavy atom. The fourth-order valence-corrected chi connectivity index (χ4v) is 5.22. The lowest BCUT2D eigenvalue weighted by Gasteiger charge is -2.29. The Morgan fingerprint density at radius 3 is 2.38 bits per heavy atom. The monoisotopic (exact) mass is 484 g/mol. The van der Waals surface area contributed by atoms with Gasteiger partial charge in [-0.3, -0.25) is 9.59 Å². The molecule has 34 heavy (non-hydrogen) atoms. The van der Waals surface area contributed by atoms with Gasteiger partial charge in [0, 0.05) is 41.3 Å². The Morgan fingerprint density at radius 2 is 1.82 bits per heavy atom. The zero-order valence-electron chi connectivity index (χ0n) is 21.3. The number of rotatable bonds is 7. The first-order chi connectivity index (χ1) is 16.0. The van der Waals surface area contributed by atoms with Crippen molar-refractivity contribution in [1.29, 1.82) is 0 Å². The van der Waals surface area contributed by atoms with Crippen molar-refractivity contribution in [3.05, 3.63) is 53.6 Å². The Hall–Kier alpha value is -2.51. The number of hydrogen-bond donors (Lipinski definition) is 0. The molecule has 0 saturated heterocycles. The average Bonchev–Trinajstić information content (AvgIpc) is 2.85. The highest BCUT2D eigenvalue weighted by atomic mass is 32.2. The molecule has 1 aliphatic rings. The van der Waals surface area contributed by atoms with E-state index < -0.39 is 12.1 Å². The minimum absolute atomic E-state index is 0.0645. The second-order valence-corrected chi connectivity index (χ2v) is 11.8. The minimum Gasteiger partial charge on any atom is -0.497 e. The van der Waals surface area contributed by atoms with E-state index in [1.807, 2.05) is 49.3 Å². The quantitative estimate of drug-likeness (QED) is 0.418. The molecule has 0 unspecified atom stereocenters. The standard InChI is InChI=1S/C27H36N2O4S/c1-18(30)33-25-23(19-8-10-21(32-7)11-9-19)17-20-16-22(34-27(2,3)4)12-13-24(20)29(26(25)31)15-14-28(5)6/h8-13,16,23,25H,14-15,17H2,1-7H3/t23-,25+/m0/s1. The van der Waals surface area contributed by atoms with E-state index in [1.54, 1.807) is 23.8 Å². The number of benzene rings is 2. The molecule has 0 aliphatic carbocycles. The predicted molar refractivity (Wildman–Crippen MR) is 138 cm³/mol. The summed E-state index contributed by atoms with van der Waals surface area (Å²) in [5, 5.41) is 0. The van der Waals surface area contributed by atoms with Crippen LogP contribution < -0.4 is 9.64 Å². The van der Waals surface area contributed by atoms with Crippen molar-refractivity contribution in [2.24, 2.45) is 0 Å². The Kier molecular flexibility index (Phi) is 8.31. The third-order valence-corrected chi connectivity index (χ3v) is 6.79. The highest BCUT2D eigenvalue weighted by Crippen LogP contribution is 2.40. The first-order valence-corrected chi connectivity index (χ1v) is 12.4. The molecule has 1 amide bonds. The van der Waals surface area contributed by atoms with Gasteiger partial charge in [-0.05, 0) is 62.0 Å². The van der Waals surface area contributed by atoms with Crippen molar-refractivity contribution in [3.8, 4) is 5.75 Å². The first-order valence-electron chi connectivity index (χ1n) is 11.6. The fourth-order valence-electron chi connectivity index (χ4n) is 4.18. The zero-order valence-corrected chi connectivity index (χ0v) is 22.1. The summed E-state index contributed by atoms with van der Waals surface area (Å²) in [7, 11) is 5.59. The zero-order chi connectivity index (χ0) is 25.0. The van der Waals surface area contributed by atoms with E-state index in [9.17, 15) is 9.59 Å². The number of nitrogens with zero attached hydrogens (tertiary/aromatic N) is 2. The number of anilines is 1. The van der Waals surface area contributed by atoms with Gasteiger partial charge < -0.3 is 19.3 Å². The summed E-state index contributed by atoms with van der Waals surface area (Å²) in [6.45, 7) is 9.13. The highest BCUT2D eigenvalue weighted by Gasteiger charge is 2.40. The van der Waals surface area contributed by atoms with Gasteiger partial charge >= 0.3 is 5.97 Å². The molecule has 2 aromatic carbocycles. The Labute approximate surface area is 207 Å². The number of carbonyl (C=O) groups is 2. The summed E-state index contributed by atoms with van der Waals surface area (Å²) < 4.78 is 11.1. The molecule has 0 spiro atoms. The maximum atomic E-state index is 13.9. The number of carbonyl (C=O) groups excluding carboxylic acids is 2. The van der Waals surface area contributed by atoms with Gasteiger partial charge in [-0.2, -0.15) is 0 Å². The summed E-state index contributed by atoms with van der Waals surface area (Å²) in [5.41, 5.74) is 2.91. The van der Waals surface area contributed by atoms with Crippen molar-refractivity contribution < 1.29 is 19.1 Å². The molecular formula is C27H36N2O4S. The smallest absolute Gasteiger partial charge is 0.303 e. The molecular weight excluding hydrogens is 448 g/mol. The SMILES string of the molecule is COc1ccc([C@@H]2Cc3cc(SC(C)(C)C)ccc3N(CCN(C)C)C(=O)[C@@H]2OC(C)=O)cc1. The number of methoxy groups -OCH3 is 1. The third-order valence-electron chi connectivity index (χ3n) is 5.69. The summed E-state index contributed by atoms with van der Waals surface area (Å²) >= 11 is 1.80. The van der Waals surface area contributed by atoms with Gasteiger partial charge in [-0.25, -0.2) is 0 Å². The molecule has 1 aliphatic heterocycles. The van der Waals surface area contributed by atoms with Crippen LogP contribution >= 0.6 is 11.8 Å². The normalized spacial score (nSPS) is 18.5. The number of hydrogen-bond acceptors (Lipinski definition) is 6. The highest BCUT2D eigenvalue weighted by molar-refractivity contribution is 8.00. The van der Waals surface area contributed by atoms with E-state index in [2.05, 4.69) is 32.9 Å². The molecule has 0 bridgehead atoms. The van der Waals surface area contributed by atoms with E-state index in [0.29, 0.717) is 19.5 Å². The van der Waals surface area contributed by atoms with Crippen LogP contribution in [0.2, 0.25) is 0 Å². The molecule has 1 heterocycles. The number of thioether (sulfide) groups is 1. The maximum absolute atomic E-state index is 13.9. The molecule has 0 N–H and O–H groups in total. The molecule has 7 heteroatoms. The Balaban J connectivity index is 2.12. The van der Waals surface area contributed by atoms with Crippen LogP contribution in [0.5, 0.6) is 5.75 Å². The van der Waals surface area contributed by atoms with Crippen molar-refractivity contribution in [2.45, 2.75) is 55.8 Å². The largest absolute Gasteiger partial charge is 0.497 e. The number of ether oxygens (including phenoxy) is 2. The van der Waals surface area contributed by atoms with Crippen LogP contribution in [-0.2, 0) is 20.7 Å². The van der Waals surface area contributed by atoms with E-state index in [-0.39, 0.29) is 16.6 Å². The molecule has 0 radical (unpaired) electrons. The first kappa shape index (κ1) is 26.1. The second kappa shape index (κ2) is 10.8. The van der Waals surface area contributed by atoms with Crippen LogP contribution in [0.15, 0.2) is 47.4 Å². The molecule has 3 rings (SSSR count). The summed E-state index contributed by atoms with van der Waals surface area (Å²) in [6, 6.07) is 14.0. The minimum atomic E-state index is -0.904. The van der Waals surface area contributed by atoms with Crippen molar-refractivity contribution in [3.63, 3.8) is 0 Å².